The van der Waals surface area contributed by atoms with Crippen molar-refractivity contribution >= 4 is 17.3 Å². The molecule has 0 rings (SSSR count). The largest absolute Gasteiger partial charge is 0.512 e. The molecule has 0 radical (unpaired) electrons. The Balaban J connectivity index is -0.000000240. The van der Waals surface area contributed by atoms with Crippen LogP contribution in [0.1, 0.15) is 125 Å². The maximum absolute atomic E-state index is 11.5. The molecule has 0 aliphatic heterocycles. The molecule has 0 aliphatic rings. The summed E-state index contributed by atoms with van der Waals surface area (Å²) in [5, 5.41) is 28.7. The van der Waals surface area contributed by atoms with Gasteiger partial charge in [0.2, 0.25) is 0 Å². The topological polar surface area (TPSA) is 112 Å². The fraction of sp³-hybridized carbons (Fsp3) is 0.727. The standard InChI is InChI=1S/3C11H20O2.Fe/c3*1-10(2,3)8(12)7-9(13)11(4,5)6;/h3*7,12H,1-6H3;. The molecule has 0 bridgehead atoms. The fourth-order valence-corrected chi connectivity index (χ4v) is 1.67. The van der Waals surface area contributed by atoms with Crippen molar-refractivity contribution in [2.75, 3.05) is 0 Å². The zero-order chi connectivity index (χ0) is 32.6. The van der Waals surface area contributed by atoms with Crippen molar-refractivity contribution in [3.8, 4) is 0 Å². The number of aliphatic hydroxyl groups excluding tert-OH is 3. The average molecular weight is 609 g/mol. The van der Waals surface area contributed by atoms with Gasteiger partial charge in [-0.3, -0.25) is 14.4 Å². The minimum atomic E-state index is -0.417. The van der Waals surface area contributed by atoms with Gasteiger partial charge in [-0.15, -0.1) is 0 Å². The summed E-state index contributed by atoms with van der Waals surface area (Å²) in [6.45, 7) is 33.3. The molecule has 0 aliphatic carbocycles. The number of carbonyl (C=O) groups is 3. The summed E-state index contributed by atoms with van der Waals surface area (Å²) in [7, 11) is 0. The van der Waals surface area contributed by atoms with E-state index in [1.807, 2.05) is 125 Å². The van der Waals surface area contributed by atoms with Crippen molar-refractivity contribution in [3.05, 3.63) is 35.5 Å². The van der Waals surface area contributed by atoms with E-state index in [-0.39, 0.29) is 67.9 Å². The van der Waals surface area contributed by atoms with Crippen LogP contribution in [0.2, 0.25) is 0 Å². The maximum atomic E-state index is 11.5. The summed E-state index contributed by atoms with van der Waals surface area (Å²) in [6, 6.07) is 0. The van der Waals surface area contributed by atoms with Gasteiger partial charge in [0, 0.05) is 67.8 Å². The van der Waals surface area contributed by atoms with Crippen LogP contribution in [0.5, 0.6) is 0 Å². The van der Waals surface area contributed by atoms with E-state index in [0.29, 0.717) is 0 Å². The second-order valence-corrected chi connectivity index (χ2v) is 16.2. The minimum absolute atomic E-state index is 0. The quantitative estimate of drug-likeness (QED) is 0.167. The van der Waals surface area contributed by atoms with Gasteiger partial charge in [-0.25, -0.2) is 0 Å². The number of ketones is 3. The van der Waals surface area contributed by atoms with Crippen molar-refractivity contribution < 1.29 is 46.8 Å². The Morgan fingerprint density at radius 3 is 0.550 bits per heavy atom. The fourth-order valence-electron chi connectivity index (χ4n) is 1.67. The van der Waals surface area contributed by atoms with Crippen LogP contribution < -0.4 is 0 Å². The van der Waals surface area contributed by atoms with Gasteiger partial charge in [0.05, 0.1) is 0 Å². The molecular weight excluding hydrogens is 548 g/mol. The molecule has 0 heterocycles. The normalized spacial score (nSPS) is 14.1. The van der Waals surface area contributed by atoms with Crippen LogP contribution in [0, 0.1) is 32.5 Å². The van der Waals surface area contributed by atoms with Crippen LogP contribution in [0.25, 0.3) is 0 Å². The first-order valence-electron chi connectivity index (χ1n) is 13.5. The van der Waals surface area contributed by atoms with Crippen LogP contribution in [-0.4, -0.2) is 32.7 Å². The first kappa shape index (κ1) is 45.1. The summed E-state index contributed by atoms with van der Waals surface area (Å²) in [4.78, 5) is 34.5. The molecule has 7 heteroatoms. The summed E-state index contributed by atoms with van der Waals surface area (Å²) in [6.07, 6.45) is 4.00. The van der Waals surface area contributed by atoms with Crippen molar-refractivity contribution in [1.29, 1.82) is 0 Å². The molecule has 0 saturated heterocycles. The van der Waals surface area contributed by atoms with Gasteiger partial charge >= 0.3 is 0 Å². The third kappa shape index (κ3) is 21.0. The van der Waals surface area contributed by atoms with Crippen molar-refractivity contribution in [1.82, 2.24) is 0 Å². The number of hydrogen-bond donors (Lipinski definition) is 3. The van der Waals surface area contributed by atoms with E-state index < -0.39 is 16.2 Å². The monoisotopic (exact) mass is 608 g/mol. The molecule has 40 heavy (non-hydrogen) atoms. The second-order valence-electron chi connectivity index (χ2n) is 16.2. The first-order valence-corrected chi connectivity index (χ1v) is 13.5. The Kier molecular flexibility index (Phi) is 18.0. The number of hydrogen-bond acceptors (Lipinski definition) is 6. The van der Waals surface area contributed by atoms with Crippen LogP contribution >= 0.6 is 0 Å². The van der Waals surface area contributed by atoms with Gasteiger partial charge in [0.1, 0.15) is 17.3 Å². The summed E-state index contributed by atoms with van der Waals surface area (Å²) < 4.78 is 0. The number of rotatable bonds is 3. The number of allylic oxidation sites excluding steroid dienone is 6. The molecule has 0 aromatic heterocycles. The minimum Gasteiger partial charge on any atom is -0.512 e. The molecule has 6 nitrogen and oxygen atoms in total. The van der Waals surface area contributed by atoms with E-state index in [0.717, 1.165) is 0 Å². The zero-order valence-corrected chi connectivity index (χ0v) is 29.8. The van der Waals surface area contributed by atoms with E-state index in [2.05, 4.69) is 0 Å². The predicted molar refractivity (Wildman–Crippen MR) is 164 cm³/mol. The molecule has 0 amide bonds. The molecule has 0 fully saturated rings. The maximum Gasteiger partial charge on any atom is 0.164 e. The summed E-state index contributed by atoms with van der Waals surface area (Å²) >= 11 is 0. The smallest absolute Gasteiger partial charge is 0.164 e. The van der Waals surface area contributed by atoms with Crippen LogP contribution in [-0.2, 0) is 31.5 Å². The van der Waals surface area contributed by atoms with Gasteiger partial charge < -0.3 is 15.3 Å². The average Bonchev–Trinajstić information content (AvgIpc) is 2.64. The van der Waals surface area contributed by atoms with E-state index in [1.165, 1.54) is 18.2 Å². The summed E-state index contributed by atoms with van der Waals surface area (Å²) in [5.74, 6) is 0.312. The Morgan fingerprint density at radius 1 is 0.350 bits per heavy atom. The van der Waals surface area contributed by atoms with Gasteiger partial charge in [0.25, 0.3) is 0 Å². The first-order chi connectivity index (χ1) is 16.6. The second kappa shape index (κ2) is 16.0. The van der Waals surface area contributed by atoms with Crippen LogP contribution in [0.3, 0.4) is 0 Å². The van der Waals surface area contributed by atoms with Crippen LogP contribution in [0.15, 0.2) is 35.5 Å². The van der Waals surface area contributed by atoms with E-state index in [9.17, 15) is 29.7 Å². The molecule has 0 aromatic rings. The van der Waals surface area contributed by atoms with Crippen molar-refractivity contribution in [2.45, 2.75) is 125 Å². The third-order valence-electron chi connectivity index (χ3n) is 5.33. The van der Waals surface area contributed by atoms with Gasteiger partial charge in [-0.05, 0) is 0 Å². The molecule has 0 aromatic carbocycles. The number of carbonyl (C=O) groups excluding carboxylic acids is 3. The van der Waals surface area contributed by atoms with E-state index in [1.54, 1.807) is 0 Å². The van der Waals surface area contributed by atoms with E-state index >= 15 is 0 Å². The van der Waals surface area contributed by atoms with Gasteiger partial charge in [0.15, 0.2) is 17.3 Å². The van der Waals surface area contributed by atoms with Gasteiger partial charge in [-0.1, -0.05) is 125 Å². The third-order valence-corrected chi connectivity index (χ3v) is 5.33. The predicted octanol–water partition coefficient (Wildman–Crippen LogP) is 9.27. The molecule has 236 valence electrons. The molecule has 0 spiro atoms. The number of aliphatic hydroxyl groups is 3. The van der Waals surface area contributed by atoms with E-state index in [4.69, 9.17) is 0 Å². The van der Waals surface area contributed by atoms with Gasteiger partial charge in [-0.2, -0.15) is 0 Å². The Hall–Kier alpha value is -1.85. The Morgan fingerprint density at radius 2 is 0.475 bits per heavy atom. The van der Waals surface area contributed by atoms with Crippen molar-refractivity contribution in [2.24, 2.45) is 32.5 Å². The van der Waals surface area contributed by atoms with Crippen molar-refractivity contribution in [3.63, 3.8) is 0 Å². The molecule has 0 atom stereocenters. The van der Waals surface area contributed by atoms with Crippen LogP contribution in [0.4, 0.5) is 0 Å². The Labute approximate surface area is 256 Å². The molecule has 3 N–H and O–H groups in total. The Bertz CT molecular complexity index is 801. The zero-order valence-electron chi connectivity index (χ0n) is 28.7. The molecular formula is C33H60FeO6. The summed E-state index contributed by atoms with van der Waals surface area (Å²) in [5.41, 5.74) is -2.29. The molecule has 0 saturated carbocycles. The SMILES string of the molecule is CC(C)(C)C(=O)C=C(O)C(C)(C)C.CC(C)(C)C(=O)C=C(O)C(C)(C)C.CC(C)(C)C(=O)C=C(O)C(C)(C)C.[Fe]. The molecule has 0 unspecified atom stereocenters.